The molecule has 2 aromatic rings. The first-order valence-electron chi connectivity index (χ1n) is 5.97. The Morgan fingerprint density at radius 3 is 2.50 bits per heavy atom. The molecule has 3 heteroatoms. The van der Waals surface area contributed by atoms with E-state index < -0.39 is 0 Å². The molecule has 0 aliphatic heterocycles. The van der Waals surface area contributed by atoms with E-state index in [1.807, 2.05) is 55.6 Å². The molecule has 1 aromatic carbocycles. The zero-order chi connectivity index (χ0) is 13.0. The number of hydrogen-bond acceptors (Lipinski definition) is 3. The first-order chi connectivity index (χ1) is 8.65. The monoisotopic (exact) mass is 260 g/mol. The minimum absolute atomic E-state index is 0.147. The smallest absolute Gasteiger partial charge is 0.168 e. The highest BCUT2D eigenvalue weighted by molar-refractivity contribution is 7.10. The van der Waals surface area contributed by atoms with Crippen molar-refractivity contribution in [3.05, 3.63) is 52.2 Å². The Hall–Kier alpha value is -1.61. The second-order valence-electron chi connectivity index (χ2n) is 4.37. The fourth-order valence-corrected chi connectivity index (χ4v) is 2.37. The highest BCUT2D eigenvalue weighted by Gasteiger charge is 2.08. The molecule has 0 aliphatic rings. The molecular weight excluding hydrogens is 244 g/mol. The number of ether oxygens (including phenoxy) is 1. The normalized spacial score (nSPS) is 10.6. The second kappa shape index (κ2) is 5.83. The van der Waals surface area contributed by atoms with Gasteiger partial charge in [-0.1, -0.05) is 6.07 Å². The van der Waals surface area contributed by atoms with Crippen LogP contribution in [0.1, 0.15) is 29.1 Å². The number of benzene rings is 1. The summed E-state index contributed by atoms with van der Waals surface area (Å²) in [5, 5.41) is 1.99. The molecule has 0 saturated carbocycles. The third kappa shape index (κ3) is 3.44. The van der Waals surface area contributed by atoms with Gasteiger partial charge >= 0.3 is 0 Å². The Labute approximate surface area is 111 Å². The van der Waals surface area contributed by atoms with Gasteiger partial charge in [0, 0.05) is 16.9 Å². The SMILES string of the molecule is CC(C)Oc1ccc(C(=O)Cc2cccs2)cc1. The van der Waals surface area contributed by atoms with E-state index in [1.165, 1.54) is 0 Å². The van der Waals surface area contributed by atoms with Crippen LogP contribution in [0.2, 0.25) is 0 Å². The Morgan fingerprint density at radius 1 is 1.22 bits per heavy atom. The van der Waals surface area contributed by atoms with Crippen LogP contribution in [0.15, 0.2) is 41.8 Å². The van der Waals surface area contributed by atoms with Crippen LogP contribution >= 0.6 is 11.3 Å². The van der Waals surface area contributed by atoms with Crippen LogP contribution in [0.25, 0.3) is 0 Å². The molecule has 0 fully saturated rings. The van der Waals surface area contributed by atoms with E-state index >= 15 is 0 Å². The van der Waals surface area contributed by atoms with E-state index in [4.69, 9.17) is 4.74 Å². The summed E-state index contributed by atoms with van der Waals surface area (Å²) in [5.74, 6) is 0.950. The molecule has 0 N–H and O–H groups in total. The van der Waals surface area contributed by atoms with Gasteiger partial charge in [-0.05, 0) is 49.6 Å². The maximum absolute atomic E-state index is 12.0. The van der Waals surface area contributed by atoms with Gasteiger partial charge < -0.3 is 4.74 Å². The molecule has 1 aromatic heterocycles. The summed E-state index contributed by atoms with van der Waals surface area (Å²) in [7, 11) is 0. The summed E-state index contributed by atoms with van der Waals surface area (Å²) in [6, 6.07) is 11.3. The van der Waals surface area contributed by atoms with Gasteiger partial charge in [-0.15, -0.1) is 11.3 Å². The average Bonchev–Trinajstić information content (AvgIpc) is 2.82. The Balaban J connectivity index is 2.03. The maximum Gasteiger partial charge on any atom is 0.168 e. The van der Waals surface area contributed by atoms with Gasteiger partial charge in [0.05, 0.1) is 6.10 Å². The van der Waals surface area contributed by atoms with Crippen LogP contribution < -0.4 is 4.74 Å². The Bertz CT molecular complexity index is 498. The van der Waals surface area contributed by atoms with Gasteiger partial charge in [-0.2, -0.15) is 0 Å². The molecule has 2 rings (SSSR count). The molecule has 0 radical (unpaired) electrons. The fraction of sp³-hybridized carbons (Fsp3) is 0.267. The standard InChI is InChI=1S/C15H16O2S/c1-11(2)17-13-7-5-12(6-8-13)15(16)10-14-4-3-9-18-14/h3-9,11H,10H2,1-2H3. The number of thiophene rings is 1. The van der Waals surface area contributed by atoms with Gasteiger partial charge in [0.2, 0.25) is 0 Å². The van der Waals surface area contributed by atoms with Crippen LogP contribution in [0.5, 0.6) is 5.75 Å². The summed E-state index contributed by atoms with van der Waals surface area (Å²) in [6.07, 6.45) is 0.625. The number of ketones is 1. The molecule has 0 atom stereocenters. The minimum Gasteiger partial charge on any atom is -0.491 e. The molecule has 1 heterocycles. The van der Waals surface area contributed by atoms with Crippen molar-refractivity contribution in [3.8, 4) is 5.75 Å². The van der Waals surface area contributed by atoms with Crippen molar-refractivity contribution in [1.82, 2.24) is 0 Å². The Morgan fingerprint density at radius 2 is 1.94 bits per heavy atom. The van der Waals surface area contributed by atoms with Crippen molar-refractivity contribution in [2.75, 3.05) is 0 Å². The summed E-state index contributed by atoms with van der Waals surface area (Å²) in [6.45, 7) is 3.96. The van der Waals surface area contributed by atoms with Crippen LogP contribution in [-0.4, -0.2) is 11.9 Å². The molecule has 2 nitrogen and oxygen atoms in total. The molecule has 0 spiro atoms. The predicted octanol–water partition coefficient (Wildman–Crippen LogP) is 3.96. The van der Waals surface area contributed by atoms with E-state index in [9.17, 15) is 4.79 Å². The molecular formula is C15H16O2S. The summed E-state index contributed by atoms with van der Waals surface area (Å²) in [4.78, 5) is 13.1. The highest BCUT2D eigenvalue weighted by atomic mass is 32.1. The van der Waals surface area contributed by atoms with Crippen LogP contribution in [-0.2, 0) is 6.42 Å². The first kappa shape index (κ1) is 12.8. The van der Waals surface area contributed by atoms with Crippen molar-refractivity contribution in [1.29, 1.82) is 0 Å². The molecule has 0 amide bonds. The lowest BCUT2D eigenvalue weighted by Gasteiger charge is -2.09. The molecule has 0 unspecified atom stereocenters. The van der Waals surface area contributed by atoms with Crippen molar-refractivity contribution in [2.45, 2.75) is 26.4 Å². The fourth-order valence-electron chi connectivity index (χ4n) is 1.67. The topological polar surface area (TPSA) is 26.3 Å². The van der Waals surface area contributed by atoms with E-state index in [0.717, 1.165) is 16.2 Å². The van der Waals surface area contributed by atoms with Crippen molar-refractivity contribution >= 4 is 17.1 Å². The third-order valence-corrected chi connectivity index (χ3v) is 3.34. The van der Waals surface area contributed by atoms with Crippen molar-refractivity contribution in [2.24, 2.45) is 0 Å². The third-order valence-electron chi connectivity index (χ3n) is 2.46. The summed E-state index contributed by atoms with van der Waals surface area (Å²) < 4.78 is 5.55. The zero-order valence-corrected chi connectivity index (χ0v) is 11.4. The highest BCUT2D eigenvalue weighted by Crippen LogP contribution is 2.17. The largest absolute Gasteiger partial charge is 0.491 e. The zero-order valence-electron chi connectivity index (χ0n) is 10.6. The van der Waals surface area contributed by atoms with Gasteiger partial charge in [-0.25, -0.2) is 0 Å². The van der Waals surface area contributed by atoms with Crippen molar-refractivity contribution < 1.29 is 9.53 Å². The van der Waals surface area contributed by atoms with Crippen LogP contribution in [0.4, 0.5) is 0 Å². The van der Waals surface area contributed by atoms with Gasteiger partial charge in [-0.3, -0.25) is 4.79 Å². The van der Waals surface area contributed by atoms with E-state index in [0.29, 0.717) is 6.42 Å². The van der Waals surface area contributed by atoms with Crippen LogP contribution in [0.3, 0.4) is 0 Å². The minimum atomic E-state index is 0.147. The lowest BCUT2D eigenvalue weighted by atomic mass is 10.1. The molecule has 0 bridgehead atoms. The lowest BCUT2D eigenvalue weighted by molar-refractivity contribution is 0.0994. The molecule has 0 saturated heterocycles. The number of Topliss-reactive ketones (excluding diaryl/α,β-unsaturated/α-hetero) is 1. The number of hydrogen-bond donors (Lipinski definition) is 0. The number of carbonyl (C=O) groups excluding carboxylic acids is 1. The van der Waals surface area contributed by atoms with Crippen molar-refractivity contribution in [3.63, 3.8) is 0 Å². The van der Waals surface area contributed by atoms with E-state index in [-0.39, 0.29) is 11.9 Å². The van der Waals surface area contributed by atoms with Gasteiger partial charge in [0.25, 0.3) is 0 Å². The summed E-state index contributed by atoms with van der Waals surface area (Å²) >= 11 is 1.61. The van der Waals surface area contributed by atoms with Gasteiger partial charge in [0.15, 0.2) is 5.78 Å². The average molecular weight is 260 g/mol. The lowest BCUT2D eigenvalue weighted by Crippen LogP contribution is -2.06. The Kier molecular flexibility index (Phi) is 4.15. The van der Waals surface area contributed by atoms with Crippen LogP contribution in [0, 0.1) is 0 Å². The molecule has 0 aliphatic carbocycles. The van der Waals surface area contributed by atoms with E-state index in [1.54, 1.807) is 11.3 Å². The maximum atomic E-state index is 12.0. The number of rotatable bonds is 5. The predicted molar refractivity (Wildman–Crippen MR) is 74.6 cm³/mol. The second-order valence-corrected chi connectivity index (χ2v) is 5.40. The van der Waals surface area contributed by atoms with Gasteiger partial charge in [0.1, 0.15) is 5.75 Å². The quantitative estimate of drug-likeness (QED) is 0.761. The summed E-state index contributed by atoms with van der Waals surface area (Å²) in [5.41, 5.74) is 0.736. The first-order valence-corrected chi connectivity index (χ1v) is 6.85. The number of carbonyl (C=O) groups is 1. The molecule has 94 valence electrons. The van der Waals surface area contributed by atoms with E-state index in [2.05, 4.69) is 0 Å². The molecule has 18 heavy (non-hydrogen) atoms.